The Bertz CT molecular complexity index is 755. The summed E-state index contributed by atoms with van der Waals surface area (Å²) in [5.41, 5.74) is 2.32. The van der Waals surface area contributed by atoms with Gasteiger partial charge in [0.25, 0.3) is 0 Å². The molecule has 0 aliphatic carbocycles. The van der Waals surface area contributed by atoms with Crippen LogP contribution in [0.5, 0.6) is 5.75 Å². The van der Waals surface area contributed by atoms with Crippen molar-refractivity contribution in [1.29, 1.82) is 0 Å². The number of aromatic nitrogens is 1. The van der Waals surface area contributed by atoms with E-state index in [1.54, 1.807) is 24.5 Å². The molecule has 0 saturated heterocycles. The molecule has 0 atom stereocenters. The molecule has 5 heteroatoms. The van der Waals surface area contributed by atoms with Crippen molar-refractivity contribution in [2.24, 2.45) is 0 Å². The van der Waals surface area contributed by atoms with Gasteiger partial charge in [0.1, 0.15) is 11.4 Å². The fourth-order valence-corrected chi connectivity index (χ4v) is 3.06. The standard InChI is InChI=1S/C15H13NO3S/c1-19-11-4-2-10(3-5-11)9-16-12-6-7-20-14(12)8-13(16)15(17)18/h2-8H,9H2,1H3,(H,17,18). The second-order valence-electron chi connectivity index (χ2n) is 4.44. The fourth-order valence-electron chi connectivity index (χ4n) is 2.24. The molecule has 0 saturated carbocycles. The summed E-state index contributed by atoms with van der Waals surface area (Å²) >= 11 is 1.55. The summed E-state index contributed by atoms with van der Waals surface area (Å²) in [6, 6.07) is 11.3. The lowest BCUT2D eigenvalue weighted by Gasteiger charge is -2.08. The number of fused-ring (bicyclic) bond motifs is 1. The van der Waals surface area contributed by atoms with Crippen molar-refractivity contribution in [3.8, 4) is 5.75 Å². The monoisotopic (exact) mass is 287 g/mol. The molecule has 0 aliphatic heterocycles. The zero-order valence-corrected chi connectivity index (χ0v) is 11.7. The Balaban J connectivity index is 2.01. The van der Waals surface area contributed by atoms with E-state index in [2.05, 4.69) is 0 Å². The number of hydrogen-bond donors (Lipinski definition) is 1. The number of carbonyl (C=O) groups is 1. The van der Waals surface area contributed by atoms with Gasteiger partial charge in [-0.3, -0.25) is 0 Å². The Hall–Kier alpha value is -2.27. The summed E-state index contributed by atoms with van der Waals surface area (Å²) in [6.07, 6.45) is 0. The molecule has 0 aliphatic rings. The second-order valence-corrected chi connectivity index (χ2v) is 5.39. The molecule has 2 aromatic heterocycles. The van der Waals surface area contributed by atoms with Crippen LogP contribution in [0, 0.1) is 0 Å². The van der Waals surface area contributed by atoms with E-state index in [1.165, 1.54) is 0 Å². The van der Waals surface area contributed by atoms with E-state index in [-0.39, 0.29) is 0 Å². The van der Waals surface area contributed by atoms with Crippen molar-refractivity contribution < 1.29 is 14.6 Å². The van der Waals surface area contributed by atoms with Gasteiger partial charge in [-0.2, -0.15) is 0 Å². The molecule has 0 amide bonds. The van der Waals surface area contributed by atoms with Gasteiger partial charge in [0.2, 0.25) is 0 Å². The molecule has 0 spiro atoms. The lowest BCUT2D eigenvalue weighted by Crippen LogP contribution is -2.09. The van der Waals surface area contributed by atoms with Gasteiger partial charge in [-0.15, -0.1) is 11.3 Å². The van der Waals surface area contributed by atoms with Crippen LogP contribution in [0.3, 0.4) is 0 Å². The molecule has 4 nitrogen and oxygen atoms in total. The van der Waals surface area contributed by atoms with Crippen molar-refractivity contribution in [2.75, 3.05) is 7.11 Å². The minimum absolute atomic E-state index is 0.322. The van der Waals surface area contributed by atoms with E-state index < -0.39 is 5.97 Å². The van der Waals surface area contributed by atoms with E-state index in [4.69, 9.17) is 4.74 Å². The first-order chi connectivity index (χ1) is 9.69. The lowest BCUT2D eigenvalue weighted by molar-refractivity contribution is 0.0686. The van der Waals surface area contributed by atoms with Gasteiger partial charge in [-0.05, 0) is 35.2 Å². The largest absolute Gasteiger partial charge is 0.497 e. The van der Waals surface area contributed by atoms with Gasteiger partial charge in [-0.1, -0.05) is 12.1 Å². The number of nitrogens with zero attached hydrogens (tertiary/aromatic N) is 1. The Labute approximate surface area is 119 Å². The van der Waals surface area contributed by atoms with Crippen LogP contribution in [-0.2, 0) is 6.54 Å². The van der Waals surface area contributed by atoms with E-state index in [1.807, 2.05) is 40.3 Å². The molecule has 1 aromatic carbocycles. The van der Waals surface area contributed by atoms with E-state index in [0.717, 1.165) is 21.5 Å². The molecule has 0 fully saturated rings. The fraction of sp³-hybridized carbons (Fsp3) is 0.133. The predicted octanol–water partition coefficient (Wildman–Crippen LogP) is 3.46. The first-order valence-electron chi connectivity index (χ1n) is 6.12. The normalized spacial score (nSPS) is 10.8. The van der Waals surface area contributed by atoms with Gasteiger partial charge in [0, 0.05) is 6.54 Å². The summed E-state index contributed by atoms with van der Waals surface area (Å²) in [5.74, 6) is -0.109. The van der Waals surface area contributed by atoms with Crippen molar-refractivity contribution >= 4 is 27.5 Å². The Kier molecular flexibility index (Phi) is 3.20. The molecule has 1 N–H and O–H groups in total. The van der Waals surface area contributed by atoms with Crippen LogP contribution in [0.1, 0.15) is 16.1 Å². The molecule has 3 aromatic rings. The number of hydrogen-bond acceptors (Lipinski definition) is 3. The van der Waals surface area contributed by atoms with Crippen molar-refractivity contribution in [2.45, 2.75) is 6.54 Å². The number of aromatic carboxylic acids is 1. The zero-order chi connectivity index (χ0) is 14.1. The summed E-state index contributed by atoms with van der Waals surface area (Å²) in [4.78, 5) is 11.3. The maximum Gasteiger partial charge on any atom is 0.352 e. The van der Waals surface area contributed by atoms with Crippen molar-refractivity contribution in [3.05, 3.63) is 53.0 Å². The first-order valence-corrected chi connectivity index (χ1v) is 7.00. The van der Waals surface area contributed by atoms with Gasteiger partial charge < -0.3 is 14.4 Å². The maximum atomic E-state index is 11.3. The van der Waals surface area contributed by atoms with Crippen LogP contribution in [-0.4, -0.2) is 22.8 Å². The van der Waals surface area contributed by atoms with Crippen LogP contribution < -0.4 is 4.74 Å². The summed E-state index contributed by atoms with van der Waals surface area (Å²) in [6.45, 7) is 0.534. The Morgan fingerprint density at radius 3 is 2.70 bits per heavy atom. The van der Waals surface area contributed by atoms with Gasteiger partial charge in [-0.25, -0.2) is 4.79 Å². The number of methoxy groups -OCH3 is 1. The van der Waals surface area contributed by atoms with Crippen molar-refractivity contribution in [3.63, 3.8) is 0 Å². The molecule has 0 radical (unpaired) electrons. The van der Waals surface area contributed by atoms with Crippen LogP contribution in [0.15, 0.2) is 41.8 Å². The minimum Gasteiger partial charge on any atom is -0.497 e. The number of carboxylic acids is 1. The first kappa shape index (κ1) is 12.7. The quantitative estimate of drug-likeness (QED) is 0.799. The third-order valence-electron chi connectivity index (χ3n) is 3.24. The molecule has 0 unspecified atom stereocenters. The smallest absolute Gasteiger partial charge is 0.352 e. The maximum absolute atomic E-state index is 11.3. The van der Waals surface area contributed by atoms with Crippen LogP contribution >= 0.6 is 11.3 Å². The molecular formula is C15H13NO3S. The topological polar surface area (TPSA) is 51.5 Å². The third-order valence-corrected chi connectivity index (χ3v) is 4.09. The third kappa shape index (κ3) is 2.16. The zero-order valence-electron chi connectivity index (χ0n) is 10.9. The SMILES string of the molecule is COc1ccc(Cn2c(C(=O)O)cc3sccc32)cc1. The van der Waals surface area contributed by atoms with Crippen LogP contribution in [0.2, 0.25) is 0 Å². The lowest BCUT2D eigenvalue weighted by atomic mass is 10.2. The molecule has 3 rings (SSSR count). The highest BCUT2D eigenvalue weighted by atomic mass is 32.1. The van der Waals surface area contributed by atoms with E-state index in [0.29, 0.717) is 12.2 Å². The average molecular weight is 287 g/mol. The van der Waals surface area contributed by atoms with E-state index in [9.17, 15) is 9.90 Å². The van der Waals surface area contributed by atoms with Crippen LogP contribution in [0.4, 0.5) is 0 Å². The summed E-state index contributed by atoms with van der Waals surface area (Å²) in [7, 11) is 1.62. The highest BCUT2D eigenvalue weighted by Crippen LogP contribution is 2.26. The number of carboxylic acid groups (broad SMARTS) is 1. The van der Waals surface area contributed by atoms with Gasteiger partial charge in [0.05, 0.1) is 17.3 Å². The summed E-state index contributed by atoms with van der Waals surface area (Å²) < 4.78 is 7.95. The highest BCUT2D eigenvalue weighted by Gasteiger charge is 2.15. The van der Waals surface area contributed by atoms with E-state index >= 15 is 0 Å². The number of ether oxygens (including phenoxy) is 1. The number of rotatable bonds is 4. The number of benzene rings is 1. The highest BCUT2D eigenvalue weighted by molar-refractivity contribution is 7.17. The predicted molar refractivity (Wildman–Crippen MR) is 78.9 cm³/mol. The minimum atomic E-state index is -0.901. The second kappa shape index (κ2) is 5.02. The summed E-state index contributed by atoms with van der Waals surface area (Å²) in [5, 5.41) is 11.3. The van der Waals surface area contributed by atoms with Crippen LogP contribution in [0.25, 0.3) is 10.2 Å². The molecule has 102 valence electrons. The van der Waals surface area contributed by atoms with Gasteiger partial charge >= 0.3 is 5.97 Å². The molecular weight excluding hydrogens is 274 g/mol. The van der Waals surface area contributed by atoms with Crippen molar-refractivity contribution in [1.82, 2.24) is 4.57 Å². The molecule has 0 bridgehead atoms. The Morgan fingerprint density at radius 1 is 1.30 bits per heavy atom. The Morgan fingerprint density at radius 2 is 2.05 bits per heavy atom. The van der Waals surface area contributed by atoms with Gasteiger partial charge in [0.15, 0.2) is 0 Å². The molecule has 20 heavy (non-hydrogen) atoms. The number of thiophene rings is 1. The molecule has 2 heterocycles. The average Bonchev–Trinajstić information content (AvgIpc) is 3.02.